The van der Waals surface area contributed by atoms with Crippen molar-refractivity contribution in [1.82, 2.24) is 15.1 Å². The van der Waals surface area contributed by atoms with Gasteiger partial charge in [0, 0.05) is 24.9 Å². The molecule has 2 aromatic carbocycles. The molecule has 1 aliphatic heterocycles. The maximum absolute atomic E-state index is 13.2. The standard InChI is InChI=1S/C29H36N4O4S/c1-3-4-5-6-7-11-14-27(35)33(21(2)22-12-9-8-10-13-22)18-17-26(34)30-29-32-31-28(38-29)23-15-16-24-25(19-23)37-20-36-24/h8-10,12-13,15-16,19,21H,3-7,11,14,17-18,20H2,1-2H3,(H,30,32,34). The van der Waals surface area contributed by atoms with E-state index in [9.17, 15) is 9.59 Å². The number of carbonyl (C=O) groups is 2. The van der Waals surface area contributed by atoms with Crippen molar-refractivity contribution in [2.45, 2.75) is 71.3 Å². The normalized spacial score (nSPS) is 12.8. The van der Waals surface area contributed by atoms with Crippen molar-refractivity contribution in [1.29, 1.82) is 0 Å². The average Bonchev–Trinajstić information content (AvgIpc) is 3.60. The van der Waals surface area contributed by atoms with Crippen LogP contribution in [-0.4, -0.2) is 40.2 Å². The van der Waals surface area contributed by atoms with Gasteiger partial charge in [0.1, 0.15) is 5.01 Å². The molecule has 2 heterocycles. The second-order valence-corrected chi connectivity index (χ2v) is 10.4. The van der Waals surface area contributed by atoms with E-state index in [1.165, 1.54) is 30.6 Å². The van der Waals surface area contributed by atoms with E-state index >= 15 is 0 Å². The van der Waals surface area contributed by atoms with Gasteiger partial charge in [0.05, 0.1) is 6.04 Å². The molecule has 202 valence electrons. The van der Waals surface area contributed by atoms with Crippen LogP contribution in [0, 0.1) is 0 Å². The molecule has 0 spiro atoms. The van der Waals surface area contributed by atoms with Crippen molar-refractivity contribution < 1.29 is 19.1 Å². The van der Waals surface area contributed by atoms with Gasteiger partial charge in [0.2, 0.25) is 23.7 Å². The number of anilines is 1. The molecule has 0 saturated heterocycles. The van der Waals surface area contributed by atoms with Crippen molar-refractivity contribution in [3.05, 3.63) is 54.1 Å². The van der Waals surface area contributed by atoms with E-state index in [1.807, 2.05) is 60.4 Å². The van der Waals surface area contributed by atoms with Gasteiger partial charge in [-0.25, -0.2) is 0 Å². The summed E-state index contributed by atoms with van der Waals surface area (Å²) >= 11 is 1.29. The van der Waals surface area contributed by atoms with Gasteiger partial charge in [-0.3, -0.25) is 9.59 Å². The highest BCUT2D eigenvalue weighted by Gasteiger charge is 2.22. The van der Waals surface area contributed by atoms with Crippen LogP contribution in [-0.2, 0) is 9.59 Å². The number of benzene rings is 2. The highest BCUT2D eigenvalue weighted by Crippen LogP contribution is 2.37. The van der Waals surface area contributed by atoms with Gasteiger partial charge in [-0.2, -0.15) is 0 Å². The molecule has 1 aliphatic rings. The van der Waals surface area contributed by atoms with E-state index in [4.69, 9.17) is 9.47 Å². The largest absolute Gasteiger partial charge is 0.454 e. The zero-order chi connectivity index (χ0) is 26.7. The van der Waals surface area contributed by atoms with Crippen LogP contribution in [0.4, 0.5) is 5.13 Å². The van der Waals surface area contributed by atoms with E-state index in [-0.39, 0.29) is 31.1 Å². The molecule has 8 nitrogen and oxygen atoms in total. The molecule has 1 N–H and O–H groups in total. The summed E-state index contributed by atoms with van der Waals surface area (Å²) in [5.41, 5.74) is 1.90. The minimum Gasteiger partial charge on any atom is -0.454 e. The maximum Gasteiger partial charge on any atom is 0.231 e. The van der Waals surface area contributed by atoms with Crippen LogP contribution in [0.15, 0.2) is 48.5 Å². The molecule has 2 amide bonds. The number of aromatic nitrogens is 2. The zero-order valence-corrected chi connectivity index (χ0v) is 23.0. The average molecular weight is 537 g/mol. The summed E-state index contributed by atoms with van der Waals surface area (Å²) in [4.78, 5) is 27.9. The molecule has 1 unspecified atom stereocenters. The lowest BCUT2D eigenvalue weighted by molar-refractivity contribution is -0.134. The van der Waals surface area contributed by atoms with Crippen LogP contribution in [0.5, 0.6) is 11.5 Å². The molecule has 0 bridgehead atoms. The van der Waals surface area contributed by atoms with Crippen LogP contribution >= 0.6 is 11.3 Å². The van der Waals surface area contributed by atoms with Gasteiger partial charge < -0.3 is 19.7 Å². The molecule has 1 aromatic heterocycles. The van der Waals surface area contributed by atoms with Gasteiger partial charge in [-0.15, -0.1) is 10.2 Å². The molecule has 4 rings (SSSR count). The Morgan fingerprint density at radius 3 is 2.55 bits per heavy atom. The molecule has 1 atom stereocenters. The summed E-state index contributed by atoms with van der Waals surface area (Å²) in [5.74, 6) is 1.26. The lowest BCUT2D eigenvalue weighted by Gasteiger charge is -2.30. The number of fused-ring (bicyclic) bond motifs is 1. The van der Waals surface area contributed by atoms with E-state index in [0.29, 0.717) is 34.6 Å². The molecule has 38 heavy (non-hydrogen) atoms. The molecule has 3 aromatic rings. The molecular formula is C29H36N4O4S. The van der Waals surface area contributed by atoms with Crippen molar-refractivity contribution in [2.24, 2.45) is 0 Å². The first-order chi connectivity index (χ1) is 18.5. The van der Waals surface area contributed by atoms with Gasteiger partial charge in [0.15, 0.2) is 11.5 Å². The molecule has 0 fully saturated rings. The Labute approximate surface area is 228 Å². The van der Waals surface area contributed by atoms with Crippen LogP contribution < -0.4 is 14.8 Å². The van der Waals surface area contributed by atoms with Crippen LogP contribution in [0.1, 0.15) is 76.8 Å². The van der Waals surface area contributed by atoms with E-state index in [2.05, 4.69) is 22.4 Å². The van der Waals surface area contributed by atoms with Gasteiger partial charge >= 0.3 is 0 Å². The zero-order valence-electron chi connectivity index (χ0n) is 22.2. The Morgan fingerprint density at radius 2 is 1.74 bits per heavy atom. The first-order valence-electron chi connectivity index (χ1n) is 13.4. The summed E-state index contributed by atoms with van der Waals surface area (Å²) in [6.45, 7) is 4.77. The lowest BCUT2D eigenvalue weighted by atomic mass is 10.0. The number of nitrogens with one attached hydrogen (secondary N) is 1. The summed E-state index contributed by atoms with van der Waals surface area (Å²) in [6.07, 6.45) is 7.44. The van der Waals surface area contributed by atoms with Gasteiger partial charge in [-0.1, -0.05) is 80.7 Å². The van der Waals surface area contributed by atoms with Gasteiger partial charge in [-0.05, 0) is 37.1 Å². The minimum atomic E-state index is -0.198. The highest BCUT2D eigenvalue weighted by molar-refractivity contribution is 7.18. The van der Waals surface area contributed by atoms with Crippen molar-refractivity contribution in [2.75, 3.05) is 18.7 Å². The van der Waals surface area contributed by atoms with Crippen molar-refractivity contribution in [3.63, 3.8) is 0 Å². The van der Waals surface area contributed by atoms with Crippen LogP contribution in [0.2, 0.25) is 0 Å². The quantitative estimate of drug-likeness (QED) is 0.233. The molecular weight excluding hydrogens is 500 g/mol. The number of nitrogens with zero attached hydrogens (tertiary/aromatic N) is 3. The topological polar surface area (TPSA) is 93.7 Å². The summed E-state index contributed by atoms with van der Waals surface area (Å²) in [5, 5.41) is 12.3. The van der Waals surface area contributed by atoms with Crippen molar-refractivity contribution >= 4 is 28.3 Å². The monoisotopic (exact) mass is 536 g/mol. The number of unbranched alkanes of at least 4 members (excludes halogenated alkanes) is 5. The lowest BCUT2D eigenvalue weighted by Crippen LogP contribution is -2.36. The fraction of sp³-hybridized carbons (Fsp3) is 0.448. The molecule has 0 radical (unpaired) electrons. The number of rotatable bonds is 14. The Kier molecular flexibility index (Phi) is 10.1. The fourth-order valence-corrected chi connectivity index (χ4v) is 5.23. The second-order valence-electron chi connectivity index (χ2n) is 9.47. The first-order valence-corrected chi connectivity index (χ1v) is 14.2. The third kappa shape index (κ3) is 7.54. The van der Waals surface area contributed by atoms with E-state index in [0.717, 1.165) is 30.4 Å². The number of ether oxygens (including phenoxy) is 2. The summed E-state index contributed by atoms with van der Waals surface area (Å²) < 4.78 is 10.8. The summed E-state index contributed by atoms with van der Waals surface area (Å²) in [6, 6.07) is 15.4. The molecule has 0 aliphatic carbocycles. The third-order valence-corrected chi connectivity index (χ3v) is 7.57. The smallest absolute Gasteiger partial charge is 0.231 e. The number of hydrogen-bond acceptors (Lipinski definition) is 7. The predicted molar refractivity (Wildman–Crippen MR) is 149 cm³/mol. The number of carbonyl (C=O) groups excluding carboxylic acids is 2. The van der Waals surface area contributed by atoms with Crippen LogP contribution in [0.25, 0.3) is 10.6 Å². The Hall–Kier alpha value is -3.46. The Bertz CT molecular complexity index is 1200. The number of amides is 2. The van der Waals surface area contributed by atoms with E-state index < -0.39 is 0 Å². The highest BCUT2D eigenvalue weighted by atomic mass is 32.1. The van der Waals surface area contributed by atoms with Gasteiger partial charge in [0.25, 0.3) is 0 Å². The number of hydrogen-bond donors (Lipinski definition) is 1. The predicted octanol–water partition coefficient (Wildman–Crippen LogP) is 6.60. The SMILES string of the molecule is CCCCCCCCC(=O)N(CCC(=O)Nc1nnc(-c2ccc3c(c2)OCO3)s1)C(C)c1ccccc1. The first kappa shape index (κ1) is 27.6. The van der Waals surface area contributed by atoms with Crippen LogP contribution in [0.3, 0.4) is 0 Å². The molecule has 0 saturated carbocycles. The minimum absolute atomic E-state index is 0.0886. The van der Waals surface area contributed by atoms with Crippen molar-refractivity contribution in [3.8, 4) is 22.1 Å². The molecule has 9 heteroatoms. The third-order valence-electron chi connectivity index (χ3n) is 6.68. The second kappa shape index (κ2) is 13.9. The Morgan fingerprint density at radius 1 is 0.974 bits per heavy atom. The fourth-order valence-electron chi connectivity index (χ4n) is 4.47. The Balaban J connectivity index is 1.33. The summed E-state index contributed by atoms with van der Waals surface area (Å²) in [7, 11) is 0. The maximum atomic E-state index is 13.2. The van der Waals surface area contributed by atoms with E-state index in [1.54, 1.807) is 0 Å².